The van der Waals surface area contributed by atoms with Gasteiger partial charge in [-0.1, -0.05) is 64.1 Å². The average molecular weight is 407 g/mol. The van der Waals surface area contributed by atoms with Gasteiger partial charge in [0.15, 0.2) is 5.78 Å². The lowest BCUT2D eigenvalue weighted by Gasteiger charge is -2.32. The van der Waals surface area contributed by atoms with Crippen molar-refractivity contribution >= 4 is 11.5 Å². The minimum Gasteiger partial charge on any atom is -0.380 e. The molecule has 1 atom stereocenters. The number of anilines is 1. The molecule has 0 aliphatic heterocycles. The van der Waals surface area contributed by atoms with Crippen LogP contribution in [0.4, 0.5) is 18.9 Å². The van der Waals surface area contributed by atoms with Crippen molar-refractivity contribution in [3.63, 3.8) is 0 Å². The van der Waals surface area contributed by atoms with Crippen LogP contribution >= 0.6 is 0 Å². The van der Waals surface area contributed by atoms with E-state index in [1.165, 1.54) is 18.2 Å². The second-order valence-corrected chi connectivity index (χ2v) is 8.38. The number of ketones is 1. The van der Waals surface area contributed by atoms with E-state index in [0.29, 0.717) is 18.8 Å². The zero-order valence-electron chi connectivity index (χ0n) is 17.3. The number of alkyl halides is 3. The fourth-order valence-corrected chi connectivity index (χ4v) is 3.27. The molecule has 0 radical (unpaired) electrons. The first kappa shape index (κ1) is 22.9. The van der Waals surface area contributed by atoms with Crippen molar-refractivity contribution in [3.05, 3.63) is 65.2 Å². The molecule has 0 saturated carbocycles. The zero-order valence-corrected chi connectivity index (χ0v) is 17.3. The predicted octanol–water partition coefficient (Wildman–Crippen LogP) is 5.88. The molecule has 2 rings (SSSR count). The molecular weight excluding hydrogens is 379 g/mol. The minimum atomic E-state index is -4.69. The van der Waals surface area contributed by atoms with E-state index in [1.807, 2.05) is 32.6 Å². The molecule has 0 aliphatic rings. The highest BCUT2D eigenvalue weighted by atomic mass is 19.4. The molecule has 0 heterocycles. The number of halogens is 3. The topological polar surface area (TPSA) is 40.5 Å². The Labute approximate surface area is 170 Å². The van der Waals surface area contributed by atoms with Gasteiger partial charge in [0.2, 0.25) is 0 Å². The molecule has 0 fully saturated rings. The largest absolute Gasteiger partial charge is 0.416 e. The van der Waals surface area contributed by atoms with Crippen LogP contribution in [-0.4, -0.2) is 24.0 Å². The van der Waals surface area contributed by atoms with Gasteiger partial charge in [0.25, 0.3) is 0 Å². The van der Waals surface area contributed by atoms with Crippen LogP contribution in [-0.2, 0) is 6.18 Å². The number of hydrogen-bond donors (Lipinski definition) is 1. The van der Waals surface area contributed by atoms with Gasteiger partial charge in [-0.25, -0.2) is 0 Å². The molecule has 0 saturated heterocycles. The molecule has 0 amide bonds. The summed E-state index contributed by atoms with van der Waals surface area (Å²) in [5.74, 6) is -0.760. The summed E-state index contributed by atoms with van der Waals surface area (Å²) >= 11 is 0. The van der Waals surface area contributed by atoms with E-state index in [-0.39, 0.29) is 11.0 Å². The van der Waals surface area contributed by atoms with Crippen LogP contribution in [0.25, 0.3) is 0 Å². The van der Waals surface area contributed by atoms with Crippen molar-refractivity contribution in [2.75, 3.05) is 18.0 Å². The SMILES string of the molecule is CCCN(CC(C)(C)C)c1ccc(C(O)C(=O)c2ccccc2)c(C(F)(F)F)c1. The third kappa shape index (κ3) is 6.07. The molecule has 2 aromatic rings. The summed E-state index contributed by atoms with van der Waals surface area (Å²) in [4.78, 5) is 14.4. The Balaban J connectivity index is 2.48. The van der Waals surface area contributed by atoms with Gasteiger partial charge in [0.1, 0.15) is 6.10 Å². The van der Waals surface area contributed by atoms with Crippen LogP contribution in [0.1, 0.15) is 61.7 Å². The second-order valence-electron chi connectivity index (χ2n) is 8.38. The van der Waals surface area contributed by atoms with Crippen LogP contribution in [0, 0.1) is 5.41 Å². The number of Topliss-reactive ketones (excluding diaryl/α,β-unsaturated/α-hetero) is 1. The normalized spacial score (nSPS) is 13.2. The van der Waals surface area contributed by atoms with Gasteiger partial charge in [-0.2, -0.15) is 13.2 Å². The number of aliphatic hydroxyl groups is 1. The second kappa shape index (κ2) is 8.99. The van der Waals surface area contributed by atoms with Crippen LogP contribution in [0.5, 0.6) is 0 Å². The van der Waals surface area contributed by atoms with E-state index in [9.17, 15) is 23.1 Å². The van der Waals surface area contributed by atoms with Crippen molar-refractivity contribution in [3.8, 4) is 0 Å². The molecule has 3 nitrogen and oxygen atoms in total. The fourth-order valence-electron chi connectivity index (χ4n) is 3.27. The molecule has 158 valence electrons. The number of carbonyl (C=O) groups is 1. The Morgan fingerprint density at radius 2 is 1.69 bits per heavy atom. The van der Waals surface area contributed by atoms with Crippen molar-refractivity contribution in [2.45, 2.75) is 46.4 Å². The molecule has 29 heavy (non-hydrogen) atoms. The maximum Gasteiger partial charge on any atom is 0.416 e. The van der Waals surface area contributed by atoms with Crippen molar-refractivity contribution in [1.29, 1.82) is 0 Å². The molecule has 0 spiro atoms. The van der Waals surface area contributed by atoms with Crippen LogP contribution < -0.4 is 4.90 Å². The molecule has 2 aromatic carbocycles. The first-order valence-electron chi connectivity index (χ1n) is 9.67. The van der Waals surface area contributed by atoms with E-state index < -0.39 is 29.2 Å². The molecule has 1 N–H and O–H groups in total. The highest BCUT2D eigenvalue weighted by Crippen LogP contribution is 2.38. The third-order valence-corrected chi connectivity index (χ3v) is 4.47. The third-order valence-electron chi connectivity index (χ3n) is 4.47. The first-order valence-corrected chi connectivity index (χ1v) is 9.67. The quantitative estimate of drug-likeness (QED) is 0.582. The fraction of sp³-hybridized carbons (Fsp3) is 0.435. The number of carbonyl (C=O) groups excluding carboxylic acids is 1. The van der Waals surface area contributed by atoms with Gasteiger partial charge in [-0.15, -0.1) is 0 Å². The van der Waals surface area contributed by atoms with Gasteiger partial charge < -0.3 is 10.0 Å². The average Bonchev–Trinajstić information content (AvgIpc) is 2.65. The van der Waals surface area contributed by atoms with Crippen molar-refractivity contribution < 1.29 is 23.1 Å². The first-order chi connectivity index (χ1) is 13.4. The lowest BCUT2D eigenvalue weighted by molar-refractivity contribution is -0.138. The van der Waals surface area contributed by atoms with E-state index in [0.717, 1.165) is 12.5 Å². The summed E-state index contributed by atoms with van der Waals surface area (Å²) in [5, 5.41) is 10.4. The van der Waals surface area contributed by atoms with E-state index in [4.69, 9.17) is 0 Å². The maximum atomic E-state index is 13.8. The van der Waals surface area contributed by atoms with Crippen molar-refractivity contribution in [2.24, 2.45) is 5.41 Å². The molecule has 0 aliphatic carbocycles. The highest BCUT2D eigenvalue weighted by Gasteiger charge is 2.37. The summed E-state index contributed by atoms with van der Waals surface area (Å²) in [6, 6.07) is 11.6. The molecular formula is C23H28F3NO2. The van der Waals surface area contributed by atoms with Gasteiger partial charge in [0.05, 0.1) is 5.56 Å². The lowest BCUT2D eigenvalue weighted by atomic mass is 9.93. The number of benzene rings is 2. The number of hydrogen-bond acceptors (Lipinski definition) is 3. The molecule has 1 unspecified atom stereocenters. The standard InChI is InChI=1S/C23H28F3NO2/c1-5-13-27(15-22(2,3)4)17-11-12-18(19(14-17)23(24,25)26)21(29)20(28)16-9-7-6-8-10-16/h6-12,14,21,29H,5,13,15H2,1-4H3. The van der Waals surface area contributed by atoms with Crippen molar-refractivity contribution in [1.82, 2.24) is 0 Å². The monoisotopic (exact) mass is 407 g/mol. The maximum absolute atomic E-state index is 13.8. The van der Waals surface area contributed by atoms with Gasteiger partial charge in [-0.3, -0.25) is 4.79 Å². The van der Waals surface area contributed by atoms with E-state index in [2.05, 4.69) is 0 Å². The van der Waals surface area contributed by atoms with Crippen LogP contribution in [0.3, 0.4) is 0 Å². The Morgan fingerprint density at radius 1 is 1.07 bits per heavy atom. The zero-order chi connectivity index (χ0) is 21.8. The van der Waals surface area contributed by atoms with Crippen LogP contribution in [0.15, 0.2) is 48.5 Å². The van der Waals surface area contributed by atoms with E-state index in [1.54, 1.807) is 24.3 Å². The van der Waals surface area contributed by atoms with Gasteiger partial charge in [0, 0.05) is 29.9 Å². The summed E-state index contributed by atoms with van der Waals surface area (Å²) in [5.41, 5.74) is -0.923. The number of rotatable bonds is 7. The summed E-state index contributed by atoms with van der Waals surface area (Å²) in [7, 11) is 0. The summed E-state index contributed by atoms with van der Waals surface area (Å²) < 4.78 is 41.4. The highest BCUT2D eigenvalue weighted by molar-refractivity contribution is 6.00. The van der Waals surface area contributed by atoms with Gasteiger partial charge in [-0.05, 0) is 24.0 Å². The molecule has 0 bridgehead atoms. The number of aliphatic hydroxyl groups excluding tert-OH is 1. The Bertz CT molecular complexity index is 826. The van der Waals surface area contributed by atoms with Gasteiger partial charge >= 0.3 is 6.18 Å². The Kier molecular flexibility index (Phi) is 7.11. The minimum absolute atomic E-state index is 0.102. The lowest BCUT2D eigenvalue weighted by Crippen LogP contribution is -2.33. The Morgan fingerprint density at radius 3 is 2.21 bits per heavy atom. The molecule has 0 aromatic heterocycles. The Hall–Kier alpha value is -2.34. The predicted molar refractivity (Wildman–Crippen MR) is 109 cm³/mol. The number of nitrogens with zero attached hydrogens (tertiary/aromatic N) is 1. The summed E-state index contributed by atoms with van der Waals surface area (Å²) in [6.45, 7) is 9.24. The smallest absolute Gasteiger partial charge is 0.380 e. The van der Waals surface area contributed by atoms with E-state index >= 15 is 0 Å². The molecule has 6 heteroatoms. The summed E-state index contributed by atoms with van der Waals surface area (Å²) in [6.07, 6.45) is -5.79. The van der Waals surface area contributed by atoms with Crippen LogP contribution in [0.2, 0.25) is 0 Å².